The number of aliphatic hydroxyl groups excluding tert-OH is 7. The Bertz CT molecular complexity index is 366. The quantitative estimate of drug-likeness (QED) is 0.269. The number of rotatable bonds is 3. The van der Waals surface area contributed by atoms with E-state index in [4.69, 9.17) is 19.3 Å². The van der Waals surface area contributed by atoms with Gasteiger partial charge in [0.05, 0.1) is 12.7 Å². The molecular weight excluding hydrogens is 304 g/mol. The van der Waals surface area contributed by atoms with Crippen LogP contribution >= 0.6 is 0 Å². The molecule has 130 valence electrons. The van der Waals surface area contributed by atoms with Gasteiger partial charge in [-0.3, -0.25) is 0 Å². The summed E-state index contributed by atoms with van der Waals surface area (Å²) in [6.45, 7) is 0.803. The summed E-state index contributed by atoms with van der Waals surface area (Å²) in [7, 11) is 0. The normalized spacial score (nSPS) is 53.5. The van der Waals surface area contributed by atoms with E-state index >= 15 is 0 Å². The first-order valence-corrected chi connectivity index (χ1v) is 6.93. The molecule has 2 fully saturated rings. The van der Waals surface area contributed by atoms with Crippen LogP contribution in [0.25, 0.3) is 0 Å². The third kappa shape index (κ3) is 3.26. The van der Waals surface area contributed by atoms with Crippen LogP contribution in [0.3, 0.4) is 0 Å². The summed E-state index contributed by atoms with van der Waals surface area (Å²) >= 11 is 0. The van der Waals surface area contributed by atoms with Gasteiger partial charge in [-0.15, -0.1) is 0 Å². The Hall–Kier alpha value is -0.400. The fourth-order valence-electron chi connectivity index (χ4n) is 2.50. The Morgan fingerprint density at radius 2 is 1.45 bits per heavy atom. The van der Waals surface area contributed by atoms with Crippen molar-refractivity contribution in [3.63, 3.8) is 0 Å². The lowest BCUT2D eigenvalue weighted by Crippen LogP contribution is -2.63. The zero-order valence-corrected chi connectivity index (χ0v) is 11.8. The molecule has 22 heavy (non-hydrogen) atoms. The Morgan fingerprint density at radius 1 is 0.818 bits per heavy atom. The standard InChI is InChI=1S/C12H22O10/c1-3-5(14)8(17)10(11(19)20-3)22-12-9(18)7(16)6(15)4(2-13)21-12/h3-19H,2H2,1H3/t3-,4+,5-,6+,7-,8+,9-,10+,11?,12+/m0/s1. The van der Waals surface area contributed by atoms with E-state index in [1.54, 1.807) is 0 Å². The first kappa shape index (κ1) is 17.9. The van der Waals surface area contributed by atoms with Gasteiger partial charge in [0.15, 0.2) is 12.6 Å². The second kappa shape index (κ2) is 7.01. The van der Waals surface area contributed by atoms with Crippen molar-refractivity contribution >= 4 is 0 Å². The molecule has 0 spiro atoms. The van der Waals surface area contributed by atoms with Gasteiger partial charge in [-0.1, -0.05) is 0 Å². The van der Waals surface area contributed by atoms with Crippen LogP contribution in [0.15, 0.2) is 0 Å². The van der Waals surface area contributed by atoms with E-state index in [1.807, 2.05) is 0 Å². The third-order valence-electron chi connectivity index (χ3n) is 3.94. The fraction of sp³-hybridized carbons (Fsp3) is 1.00. The highest BCUT2D eigenvalue weighted by Gasteiger charge is 2.49. The molecule has 2 rings (SSSR count). The molecule has 2 aliphatic heterocycles. The van der Waals surface area contributed by atoms with E-state index in [1.165, 1.54) is 6.92 Å². The maximum atomic E-state index is 9.92. The molecule has 1 unspecified atom stereocenters. The van der Waals surface area contributed by atoms with Gasteiger partial charge in [-0.2, -0.15) is 0 Å². The Balaban J connectivity index is 2.08. The van der Waals surface area contributed by atoms with Crippen LogP contribution in [0, 0.1) is 0 Å². The van der Waals surface area contributed by atoms with Gasteiger partial charge in [0.1, 0.15) is 42.7 Å². The Labute approximate surface area is 126 Å². The van der Waals surface area contributed by atoms with Gasteiger partial charge in [0.25, 0.3) is 0 Å². The van der Waals surface area contributed by atoms with Gasteiger partial charge in [0, 0.05) is 0 Å². The fourth-order valence-corrected chi connectivity index (χ4v) is 2.50. The molecule has 10 nitrogen and oxygen atoms in total. The van der Waals surface area contributed by atoms with Crippen LogP contribution in [0.2, 0.25) is 0 Å². The molecule has 0 bridgehead atoms. The highest BCUT2D eigenvalue weighted by molar-refractivity contribution is 4.92. The summed E-state index contributed by atoms with van der Waals surface area (Å²) < 4.78 is 15.3. The molecule has 0 aromatic heterocycles. The van der Waals surface area contributed by atoms with Gasteiger partial charge >= 0.3 is 0 Å². The molecule has 0 aromatic carbocycles. The molecule has 0 radical (unpaired) electrons. The molecule has 2 aliphatic rings. The molecule has 0 aliphatic carbocycles. The second-order valence-electron chi connectivity index (χ2n) is 5.51. The van der Waals surface area contributed by atoms with Gasteiger partial charge in [-0.05, 0) is 6.92 Å². The lowest BCUT2D eigenvalue weighted by molar-refractivity contribution is -0.359. The van der Waals surface area contributed by atoms with E-state index in [2.05, 4.69) is 0 Å². The van der Waals surface area contributed by atoms with Crippen LogP contribution in [-0.4, -0.2) is 104 Å². The average Bonchev–Trinajstić information content (AvgIpc) is 2.49. The molecule has 7 N–H and O–H groups in total. The summed E-state index contributed by atoms with van der Waals surface area (Å²) in [5.74, 6) is 0. The lowest BCUT2D eigenvalue weighted by atomic mass is 9.98. The maximum Gasteiger partial charge on any atom is 0.187 e. The SMILES string of the molecule is C[C@@H]1OC(O)[C@H](O[C@H]2O[C@H](CO)[C@@H](O)[C@H](O)[C@@H]2O)[C@H](O)[C@H]1O. The first-order valence-electron chi connectivity index (χ1n) is 6.93. The zero-order valence-electron chi connectivity index (χ0n) is 11.8. The topological polar surface area (TPSA) is 169 Å². The van der Waals surface area contributed by atoms with Crippen LogP contribution in [0.5, 0.6) is 0 Å². The monoisotopic (exact) mass is 326 g/mol. The summed E-state index contributed by atoms with van der Waals surface area (Å²) in [6.07, 6.45) is -14.4. The van der Waals surface area contributed by atoms with E-state index in [0.717, 1.165) is 0 Å². The summed E-state index contributed by atoms with van der Waals surface area (Å²) in [4.78, 5) is 0. The van der Waals surface area contributed by atoms with Gasteiger partial charge < -0.3 is 50.0 Å². The summed E-state index contributed by atoms with van der Waals surface area (Å²) in [5, 5.41) is 67.6. The van der Waals surface area contributed by atoms with Crippen LogP contribution < -0.4 is 0 Å². The predicted octanol–water partition coefficient (Wildman–Crippen LogP) is -4.37. The van der Waals surface area contributed by atoms with Crippen molar-refractivity contribution in [2.45, 2.75) is 68.3 Å². The highest BCUT2D eigenvalue weighted by Crippen LogP contribution is 2.28. The lowest BCUT2D eigenvalue weighted by Gasteiger charge is -2.44. The van der Waals surface area contributed by atoms with Crippen molar-refractivity contribution < 1.29 is 50.0 Å². The maximum absolute atomic E-state index is 9.92. The Kier molecular flexibility index (Phi) is 5.72. The largest absolute Gasteiger partial charge is 0.394 e. The minimum atomic E-state index is -1.69. The molecule has 10 atom stereocenters. The summed E-state index contributed by atoms with van der Waals surface area (Å²) in [5.41, 5.74) is 0. The number of ether oxygens (including phenoxy) is 3. The number of hydrogen-bond acceptors (Lipinski definition) is 10. The second-order valence-corrected chi connectivity index (χ2v) is 5.51. The van der Waals surface area contributed by atoms with Crippen molar-refractivity contribution in [1.82, 2.24) is 0 Å². The van der Waals surface area contributed by atoms with E-state index in [9.17, 15) is 30.6 Å². The molecule has 2 heterocycles. The van der Waals surface area contributed by atoms with Crippen molar-refractivity contribution in [1.29, 1.82) is 0 Å². The molecule has 2 saturated heterocycles. The van der Waals surface area contributed by atoms with Crippen LogP contribution in [0.1, 0.15) is 6.92 Å². The Morgan fingerprint density at radius 3 is 2.05 bits per heavy atom. The third-order valence-corrected chi connectivity index (χ3v) is 3.94. The molecule has 0 amide bonds. The van der Waals surface area contributed by atoms with Crippen molar-refractivity contribution in [2.24, 2.45) is 0 Å². The molecule has 10 heteroatoms. The first-order chi connectivity index (χ1) is 10.3. The predicted molar refractivity (Wildman–Crippen MR) is 67.2 cm³/mol. The van der Waals surface area contributed by atoms with Gasteiger partial charge in [0.2, 0.25) is 0 Å². The molecule has 0 aromatic rings. The van der Waals surface area contributed by atoms with Crippen LogP contribution in [-0.2, 0) is 14.2 Å². The molecule has 0 saturated carbocycles. The minimum Gasteiger partial charge on any atom is -0.394 e. The van der Waals surface area contributed by atoms with E-state index in [0.29, 0.717) is 0 Å². The average molecular weight is 326 g/mol. The van der Waals surface area contributed by atoms with Crippen molar-refractivity contribution in [3.8, 4) is 0 Å². The van der Waals surface area contributed by atoms with Crippen LogP contribution in [0.4, 0.5) is 0 Å². The van der Waals surface area contributed by atoms with E-state index < -0.39 is 68.0 Å². The smallest absolute Gasteiger partial charge is 0.187 e. The zero-order chi connectivity index (χ0) is 16.6. The van der Waals surface area contributed by atoms with E-state index in [-0.39, 0.29) is 0 Å². The summed E-state index contributed by atoms with van der Waals surface area (Å²) in [6, 6.07) is 0. The molecular formula is C12H22O10. The number of hydrogen-bond donors (Lipinski definition) is 7. The van der Waals surface area contributed by atoms with Crippen molar-refractivity contribution in [2.75, 3.05) is 6.61 Å². The highest BCUT2D eigenvalue weighted by atomic mass is 16.7. The number of aliphatic hydroxyl groups is 7. The van der Waals surface area contributed by atoms with Gasteiger partial charge in [-0.25, -0.2) is 0 Å². The van der Waals surface area contributed by atoms with Crippen molar-refractivity contribution in [3.05, 3.63) is 0 Å². The minimum absolute atomic E-state index is 0.642.